The maximum Gasteiger partial charge on any atom is 0.270 e. The van der Waals surface area contributed by atoms with Crippen LogP contribution >= 0.6 is 22.9 Å². The van der Waals surface area contributed by atoms with Crippen LogP contribution in [0.2, 0.25) is 5.02 Å². The molecule has 8 heteroatoms. The van der Waals surface area contributed by atoms with Crippen LogP contribution in [0.25, 0.3) is 0 Å². The van der Waals surface area contributed by atoms with E-state index in [0.29, 0.717) is 13.1 Å². The van der Waals surface area contributed by atoms with Crippen molar-refractivity contribution in [3.63, 3.8) is 0 Å². The number of hydrogen-bond acceptors (Lipinski definition) is 5. The second-order valence-corrected chi connectivity index (χ2v) is 6.73. The fraction of sp³-hybridized carbons (Fsp3) is 0.118. The van der Waals surface area contributed by atoms with Crippen LogP contribution in [-0.2, 0) is 13.1 Å². The predicted octanol–water partition coefficient (Wildman–Crippen LogP) is 4.75. The third-order valence-corrected chi connectivity index (χ3v) is 4.74. The molecule has 6 nitrogen and oxygen atoms in total. The number of nitrogens with zero attached hydrogens (tertiary/aromatic N) is 2. The molecule has 0 saturated carbocycles. The van der Waals surface area contributed by atoms with Gasteiger partial charge in [-0.25, -0.2) is 0 Å². The Morgan fingerprint density at radius 1 is 1.28 bits per heavy atom. The fourth-order valence-electron chi connectivity index (χ4n) is 2.35. The Morgan fingerprint density at radius 3 is 2.72 bits per heavy atom. The number of thiophene rings is 1. The van der Waals surface area contributed by atoms with Crippen LogP contribution in [-0.4, -0.2) is 15.7 Å². The van der Waals surface area contributed by atoms with Gasteiger partial charge in [0.1, 0.15) is 0 Å². The fourth-order valence-corrected chi connectivity index (χ4v) is 3.33. The van der Waals surface area contributed by atoms with E-state index in [9.17, 15) is 14.9 Å². The summed E-state index contributed by atoms with van der Waals surface area (Å²) in [6, 6.07) is 9.50. The molecule has 0 N–H and O–H groups in total. The molecule has 25 heavy (non-hydrogen) atoms. The lowest BCUT2D eigenvalue weighted by molar-refractivity contribution is -0.384. The van der Waals surface area contributed by atoms with Crippen molar-refractivity contribution in [2.45, 2.75) is 13.1 Å². The van der Waals surface area contributed by atoms with Gasteiger partial charge in [-0.2, -0.15) is 0 Å². The summed E-state index contributed by atoms with van der Waals surface area (Å²) in [4.78, 5) is 25.9. The molecule has 3 rings (SSSR count). The number of rotatable bonds is 6. The second-order valence-electron chi connectivity index (χ2n) is 5.29. The van der Waals surface area contributed by atoms with Gasteiger partial charge in [0.15, 0.2) is 0 Å². The van der Waals surface area contributed by atoms with Crippen LogP contribution in [0.3, 0.4) is 0 Å². The number of amides is 1. The molecule has 1 amide bonds. The molecular formula is C17H13ClN2O4S. The first kappa shape index (κ1) is 17.2. The van der Waals surface area contributed by atoms with E-state index in [1.165, 1.54) is 18.2 Å². The molecule has 1 aromatic carbocycles. The molecule has 128 valence electrons. The number of benzene rings is 1. The Morgan fingerprint density at radius 2 is 2.12 bits per heavy atom. The van der Waals surface area contributed by atoms with Crippen molar-refractivity contribution in [2.75, 3.05) is 0 Å². The lowest BCUT2D eigenvalue weighted by Gasteiger charge is -2.22. The van der Waals surface area contributed by atoms with Crippen LogP contribution in [0.1, 0.15) is 20.8 Å². The number of carbonyl (C=O) groups is 1. The highest BCUT2D eigenvalue weighted by Gasteiger charge is 2.21. The van der Waals surface area contributed by atoms with Crippen LogP contribution in [0.5, 0.6) is 0 Å². The largest absolute Gasteiger partial charge is 0.472 e. The Kier molecular flexibility index (Phi) is 5.16. The number of nitro benzene ring substituents is 1. The molecule has 0 bridgehead atoms. The highest BCUT2D eigenvalue weighted by Crippen LogP contribution is 2.25. The number of nitro groups is 1. The molecule has 0 atom stereocenters. The number of hydrogen-bond donors (Lipinski definition) is 0. The lowest BCUT2D eigenvalue weighted by Crippen LogP contribution is -2.30. The van der Waals surface area contributed by atoms with Crippen LogP contribution in [0, 0.1) is 10.1 Å². The van der Waals surface area contributed by atoms with Gasteiger partial charge in [0.25, 0.3) is 11.6 Å². The van der Waals surface area contributed by atoms with Gasteiger partial charge in [-0.3, -0.25) is 14.9 Å². The smallest absolute Gasteiger partial charge is 0.270 e. The Bertz CT molecular complexity index is 842. The van der Waals surface area contributed by atoms with Crippen LogP contribution in [0.15, 0.2) is 58.7 Å². The van der Waals surface area contributed by atoms with Gasteiger partial charge in [0.2, 0.25) is 0 Å². The molecule has 0 radical (unpaired) electrons. The molecule has 0 unspecified atom stereocenters. The first-order valence-electron chi connectivity index (χ1n) is 7.31. The van der Waals surface area contributed by atoms with Gasteiger partial charge >= 0.3 is 0 Å². The summed E-state index contributed by atoms with van der Waals surface area (Å²) in [5, 5.41) is 12.8. The third-order valence-electron chi connectivity index (χ3n) is 3.56. The van der Waals surface area contributed by atoms with Gasteiger partial charge in [0.05, 0.1) is 34.6 Å². The van der Waals surface area contributed by atoms with Crippen molar-refractivity contribution in [1.29, 1.82) is 0 Å². The maximum absolute atomic E-state index is 12.9. The molecule has 3 aromatic rings. The lowest BCUT2D eigenvalue weighted by atomic mass is 10.1. The predicted molar refractivity (Wildman–Crippen MR) is 94.7 cm³/mol. The minimum atomic E-state index is -0.547. The van der Waals surface area contributed by atoms with Crippen molar-refractivity contribution in [1.82, 2.24) is 4.90 Å². The zero-order valence-corrected chi connectivity index (χ0v) is 14.5. The zero-order valence-electron chi connectivity index (χ0n) is 12.9. The average Bonchev–Trinajstić information content (AvgIpc) is 3.27. The van der Waals surface area contributed by atoms with E-state index >= 15 is 0 Å². The summed E-state index contributed by atoms with van der Waals surface area (Å²) in [5.74, 6) is -0.297. The van der Waals surface area contributed by atoms with Crippen molar-refractivity contribution in [3.05, 3.63) is 85.4 Å². The van der Waals surface area contributed by atoms with E-state index in [4.69, 9.17) is 16.0 Å². The number of carbonyl (C=O) groups excluding carboxylic acids is 1. The Hall–Kier alpha value is -2.64. The topological polar surface area (TPSA) is 76.6 Å². The number of furan rings is 1. The van der Waals surface area contributed by atoms with E-state index in [2.05, 4.69) is 0 Å². The van der Waals surface area contributed by atoms with Crippen LogP contribution < -0.4 is 0 Å². The normalized spacial score (nSPS) is 10.6. The van der Waals surface area contributed by atoms with Crippen molar-refractivity contribution < 1.29 is 14.1 Å². The molecular weight excluding hydrogens is 364 g/mol. The summed E-state index contributed by atoms with van der Waals surface area (Å²) >= 11 is 7.66. The number of non-ortho nitro benzene ring substituents is 1. The van der Waals surface area contributed by atoms with Gasteiger partial charge in [-0.15, -0.1) is 11.3 Å². The standard InChI is InChI=1S/C17H13ClN2O4S/c18-16-8-13(20(22)23)3-4-15(16)17(21)19(9-12-5-6-24-11-12)10-14-2-1-7-25-14/h1-8,11H,9-10H2. The molecule has 2 heterocycles. The Labute approximate surface area is 152 Å². The zero-order chi connectivity index (χ0) is 17.8. The van der Waals surface area contributed by atoms with Gasteiger partial charge in [-0.1, -0.05) is 17.7 Å². The summed E-state index contributed by atoms with van der Waals surface area (Å²) < 4.78 is 5.07. The highest BCUT2D eigenvalue weighted by molar-refractivity contribution is 7.09. The van der Waals surface area contributed by atoms with Gasteiger partial charge < -0.3 is 9.32 Å². The first-order valence-corrected chi connectivity index (χ1v) is 8.57. The summed E-state index contributed by atoms with van der Waals surface area (Å²) in [6.07, 6.45) is 3.12. The van der Waals surface area contributed by atoms with E-state index in [0.717, 1.165) is 10.4 Å². The summed E-state index contributed by atoms with van der Waals surface area (Å²) in [5.41, 5.74) is 0.927. The van der Waals surface area contributed by atoms with Crippen molar-refractivity contribution in [3.8, 4) is 0 Å². The molecule has 0 aliphatic rings. The second kappa shape index (κ2) is 7.50. The average molecular weight is 377 g/mol. The molecule has 0 spiro atoms. The van der Waals surface area contributed by atoms with E-state index in [-0.39, 0.29) is 22.2 Å². The van der Waals surface area contributed by atoms with E-state index < -0.39 is 4.92 Å². The molecule has 2 aromatic heterocycles. The van der Waals surface area contributed by atoms with Gasteiger partial charge in [0, 0.05) is 29.1 Å². The SMILES string of the molecule is O=C(c1ccc([N+](=O)[O-])cc1Cl)N(Cc1ccoc1)Cc1cccs1. The third kappa shape index (κ3) is 4.07. The summed E-state index contributed by atoms with van der Waals surface area (Å²) in [7, 11) is 0. The minimum absolute atomic E-state index is 0.0579. The van der Waals surface area contributed by atoms with Crippen LogP contribution in [0.4, 0.5) is 5.69 Å². The Balaban J connectivity index is 1.89. The first-order chi connectivity index (χ1) is 12.0. The molecule has 0 aliphatic carbocycles. The maximum atomic E-state index is 12.9. The molecule has 0 saturated heterocycles. The van der Waals surface area contributed by atoms with Gasteiger partial charge in [-0.05, 0) is 23.6 Å². The summed E-state index contributed by atoms with van der Waals surface area (Å²) in [6.45, 7) is 0.759. The molecule has 0 aliphatic heterocycles. The van der Waals surface area contributed by atoms with E-state index in [1.54, 1.807) is 34.8 Å². The minimum Gasteiger partial charge on any atom is -0.472 e. The highest BCUT2D eigenvalue weighted by atomic mass is 35.5. The number of halogens is 1. The molecule has 0 fully saturated rings. The monoisotopic (exact) mass is 376 g/mol. The van der Waals surface area contributed by atoms with E-state index in [1.807, 2.05) is 17.5 Å². The van der Waals surface area contributed by atoms with Crippen molar-refractivity contribution >= 4 is 34.5 Å². The van der Waals surface area contributed by atoms with Crippen molar-refractivity contribution in [2.24, 2.45) is 0 Å². The quantitative estimate of drug-likeness (QED) is 0.459.